The molecule has 0 atom stereocenters. The molecule has 1 heterocycles. The SMILES string of the molecule is O=C(CCCN1C(=O)CNC1=O)Nc1ccccc1Cc1ccccc1. The fourth-order valence-electron chi connectivity index (χ4n) is 2.90. The van der Waals surface area contributed by atoms with Crippen LogP contribution in [-0.2, 0) is 16.0 Å². The Bertz CT molecular complexity index is 789. The van der Waals surface area contributed by atoms with Crippen LogP contribution in [0.3, 0.4) is 0 Å². The first-order valence-corrected chi connectivity index (χ1v) is 8.63. The highest BCUT2D eigenvalue weighted by Crippen LogP contribution is 2.19. The van der Waals surface area contributed by atoms with Gasteiger partial charge in [-0.3, -0.25) is 14.5 Å². The molecule has 0 bridgehead atoms. The van der Waals surface area contributed by atoms with Crippen molar-refractivity contribution in [3.8, 4) is 0 Å². The molecule has 0 aliphatic carbocycles. The first kappa shape index (κ1) is 17.7. The first-order chi connectivity index (χ1) is 12.6. The van der Waals surface area contributed by atoms with Crippen LogP contribution in [0.15, 0.2) is 54.6 Å². The van der Waals surface area contributed by atoms with Crippen molar-refractivity contribution in [2.24, 2.45) is 0 Å². The lowest BCUT2D eigenvalue weighted by Crippen LogP contribution is -2.32. The quantitative estimate of drug-likeness (QED) is 0.753. The van der Waals surface area contributed by atoms with Crippen LogP contribution in [0.1, 0.15) is 24.0 Å². The molecule has 2 aromatic carbocycles. The molecule has 134 valence electrons. The van der Waals surface area contributed by atoms with E-state index in [2.05, 4.69) is 22.8 Å². The Labute approximate surface area is 152 Å². The lowest BCUT2D eigenvalue weighted by Gasteiger charge is -2.13. The van der Waals surface area contributed by atoms with Crippen LogP contribution in [0.5, 0.6) is 0 Å². The number of urea groups is 1. The zero-order chi connectivity index (χ0) is 18.4. The van der Waals surface area contributed by atoms with Crippen molar-refractivity contribution in [3.63, 3.8) is 0 Å². The fourth-order valence-corrected chi connectivity index (χ4v) is 2.90. The Morgan fingerprint density at radius 3 is 2.50 bits per heavy atom. The number of hydrogen-bond donors (Lipinski definition) is 2. The van der Waals surface area contributed by atoms with Gasteiger partial charge in [0.05, 0.1) is 6.54 Å². The van der Waals surface area contributed by atoms with E-state index in [-0.39, 0.29) is 37.4 Å². The Hall–Kier alpha value is -3.15. The molecule has 4 amide bonds. The van der Waals surface area contributed by atoms with Crippen LogP contribution in [0.2, 0.25) is 0 Å². The summed E-state index contributed by atoms with van der Waals surface area (Å²) in [6.07, 6.45) is 1.42. The van der Waals surface area contributed by atoms with E-state index in [0.717, 1.165) is 22.6 Å². The molecule has 0 spiro atoms. The molecule has 1 fully saturated rings. The van der Waals surface area contributed by atoms with Crippen molar-refractivity contribution >= 4 is 23.5 Å². The minimum atomic E-state index is -0.386. The smallest absolute Gasteiger partial charge is 0.324 e. The molecule has 2 aromatic rings. The third kappa shape index (κ3) is 4.47. The van der Waals surface area contributed by atoms with Gasteiger partial charge < -0.3 is 10.6 Å². The second-order valence-electron chi connectivity index (χ2n) is 6.18. The van der Waals surface area contributed by atoms with E-state index in [0.29, 0.717) is 6.42 Å². The van der Waals surface area contributed by atoms with Crippen molar-refractivity contribution in [1.82, 2.24) is 10.2 Å². The number of benzene rings is 2. The van der Waals surface area contributed by atoms with Gasteiger partial charge in [-0.1, -0.05) is 48.5 Å². The standard InChI is InChI=1S/C20H21N3O3/c24-18(11-6-12-23-19(25)14-21-20(23)26)22-17-10-5-4-9-16(17)13-15-7-2-1-3-8-15/h1-5,7-10H,6,11-14H2,(H,21,26)(H,22,24). The van der Waals surface area contributed by atoms with E-state index in [4.69, 9.17) is 0 Å². The maximum atomic E-state index is 12.2. The van der Waals surface area contributed by atoms with Crippen LogP contribution in [0.4, 0.5) is 10.5 Å². The predicted molar refractivity (Wildman–Crippen MR) is 98.7 cm³/mol. The molecule has 6 nitrogen and oxygen atoms in total. The van der Waals surface area contributed by atoms with E-state index in [1.807, 2.05) is 42.5 Å². The van der Waals surface area contributed by atoms with E-state index >= 15 is 0 Å². The van der Waals surface area contributed by atoms with Gasteiger partial charge in [-0.25, -0.2) is 4.79 Å². The largest absolute Gasteiger partial charge is 0.329 e. The molecule has 1 aliphatic heterocycles. The zero-order valence-electron chi connectivity index (χ0n) is 14.4. The highest BCUT2D eigenvalue weighted by molar-refractivity contribution is 6.02. The molecular formula is C20H21N3O3. The molecule has 0 aromatic heterocycles. The van der Waals surface area contributed by atoms with E-state index in [9.17, 15) is 14.4 Å². The van der Waals surface area contributed by atoms with E-state index in [1.54, 1.807) is 0 Å². The molecule has 3 rings (SSSR count). The molecule has 0 radical (unpaired) electrons. The average molecular weight is 351 g/mol. The van der Waals surface area contributed by atoms with Crippen LogP contribution in [-0.4, -0.2) is 35.8 Å². The molecule has 0 unspecified atom stereocenters. The Kier molecular flexibility index (Phi) is 5.63. The molecule has 26 heavy (non-hydrogen) atoms. The summed E-state index contributed by atoms with van der Waals surface area (Å²) in [4.78, 5) is 36.4. The van der Waals surface area contributed by atoms with Crippen molar-refractivity contribution in [2.75, 3.05) is 18.4 Å². The van der Waals surface area contributed by atoms with Crippen LogP contribution >= 0.6 is 0 Å². The van der Waals surface area contributed by atoms with Gasteiger partial charge in [-0.15, -0.1) is 0 Å². The van der Waals surface area contributed by atoms with Crippen molar-refractivity contribution in [1.29, 1.82) is 0 Å². The number of nitrogens with zero attached hydrogens (tertiary/aromatic N) is 1. The van der Waals surface area contributed by atoms with Crippen LogP contribution in [0, 0.1) is 0 Å². The maximum Gasteiger partial charge on any atom is 0.324 e. The van der Waals surface area contributed by atoms with Gasteiger partial charge in [0, 0.05) is 18.7 Å². The molecule has 2 N–H and O–H groups in total. The van der Waals surface area contributed by atoms with Gasteiger partial charge in [0.2, 0.25) is 11.8 Å². The summed E-state index contributed by atoms with van der Waals surface area (Å²) in [7, 11) is 0. The van der Waals surface area contributed by atoms with Gasteiger partial charge in [0.25, 0.3) is 0 Å². The monoisotopic (exact) mass is 351 g/mol. The Morgan fingerprint density at radius 2 is 1.77 bits per heavy atom. The molecule has 6 heteroatoms. The van der Waals surface area contributed by atoms with Gasteiger partial charge >= 0.3 is 6.03 Å². The summed E-state index contributed by atoms with van der Waals surface area (Å²) in [5.74, 6) is -0.374. The van der Waals surface area contributed by atoms with Crippen molar-refractivity contribution in [2.45, 2.75) is 19.3 Å². The van der Waals surface area contributed by atoms with E-state index in [1.165, 1.54) is 5.56 Å². The summed E-state index contributed by atoms with van der Waals surface area (Å²) in [5.41, 5.74) is 3.00. The summed E-state index contributed by atoms with van der Waals surface area (Å²) < 4.78 is 0. The lowest BCUT2D eigenvalue weighted by molar-refractivity contribution is -0.125. The Morgan fingerprint density at radius 1 is 1.04 bits per heavy atom. The topological polar surface area (TPSA) is 78.5 Å². The van der Waals surface area contributed by atoms with Gasteiger partial charge in [0.1, 0.15) is 0 Å². The number of carbonyl (C=O) groups excluding carboxylic acids is 3. The molecular weight excluding hydrogens is 330 g/mol. The van der Waals surface area contributed by atoms with Gasteiger partial charge in [-0.2, -0.15) is 0 Å². The number of carbonyl (C=O) groups is 3. The molecule has 0 saturated carbocycles. The first-order valence-electron chi connectivity index (χ1n) is 8.63. The number of imide groups is 1. The zero-order valence-corrected chi connectivity index (χ0v) is 14.4. The van der Waals surface area contributed by atoms with Crippen molar-refractivity contribution in [3.05, 3.63) is 65.7 Å². The summed E-state index contributed by atoms with van der Waals surface area (Å²) in [5, 5.41) is 5.40. The third-order valence-corrected chi connectivity index (χ3v) is 4.25. The normalized spacial score (nSPS) is 13.6. The predicted octanol–water partition coefficient (Wildman–Crippen LogP) is 2.55. The number of para-hydroxylation sites is 1. The van der Waals surface area contributed by atoms with Gasteiger partial charge in [0.15, 0.2) is 0 Å². The lowest BCUT2D eigenvalue weighted by atomic mass is 10.0. The Balaban J connectivity index is 1.54. The summed E-state index contributed by atoms with van der Waals surface area (Å²) in [6.45, 7) is 0.293. The number of amides is 4. The van der Waals surface area contributed by atoms with Crippen molar-refractivity contribution < 1.29 is 14.4 Å². The highest BCUT2D eigenvalue weighted by Gasteiger charge is 2.27. The number of anilines is 1. The number of nitrogens with one attached hydrogen (secondary N) is 2. The molecule has 1 aliphatic rings. The molecule has 1 saturated heterocycles. The number of rotatable bonds is 7. The average Bonchev–Trinajstić information content (AvgIpc) is 2.96. The second-order valence-corrected chi connectivity index (χ2v) is 6.18. The number of hydrogen-bond acceptors (Lipinski definition) is 3. The summed E-state index contributed by atoms with van der Waals surface area (Å²) in [6, 6.07) is 17.4. The second kappa shape index (κ2) is 8.29. The van der Waals surface area contributed by atoms with Crippen LogP contribution < -0.4 is 10.6 Å². The highest BCUT2D eigenvalue weighted by atomic mass is 16.2. The fraction of sp³-hybridized carbons (Fsp3) is 0.250. The van der Waals surface area contributed by atoms with Crippen LogP contribution in [0.25, 0.3) is 0 Å². The van der Waals surface area contributed by atoms with E-state index < -0.39 is 0 Å². The minimum absolute atomic E-state index is 0.0396. The third-order valence-electron chi connectivity index (χ3n) is 4.25. The van der Waals surface area contributed by atoms with Gasteiger partial charge in [-0.05, 0) is 30.0 Å². The minimum Gasteiger partial charge on any atom is -0.329 e. The maximum absolute atomic E-state index is 12.2. The summed E-state index contributed by atoms with van der Waals surface area (Å²) >= 11 is 0.